The van der Waals surface area contributed by atoms with Gasteiger partial charge in [-0.05, 0) is 44.0 Å². The summed E-state index contributed by atoms with van der Waals surface area (Å²) < 4.78 is 28.0. The van der Waals surface area contributed by atoms with Crippen molar-refractivity contribution in [2.75, 3.05) is 25.4 Å². The fraction of sp³-hybridized carbons (Fsp3) is 0.375. The molecule has 1 atom stereocenters. The lowest BCUT2D eigenvalue weighted by atomic mass is 10.0. The smallest absolute Gasteiger partial charge is 0.241 e. The molecule has 22 heavy (non-hydrogen) atoms. The van der Waals surface area contributed by atoms with Crippen molar-refractivity contribution in [3.63, 3.8) is 0 Å². The van der Waals surface area contributed by atoms with Gasteiger partial charge < -0.3 is 11.1 Å². The monoisotopic (exact) mass is 319 g/mol. The molecule has 0 aromatic heterocycles. The van der Waals surface area contributed by atoms with Crippen LogP contribution >= 0.6 is 0 Å². The van der Waals surface area contributed by atoms with Gasteiger partial charge in [0.25, 0.3) is 0 Å². The van der Waals surface area contributed by atoms with Crippen LogP contribution in [0.25, 0.3) is 10.8 Å². The normalized spacial score (nSPS) is 19.4. The van der Waals surface area contributed by atoms with Crippen molar-refractivity contribution in [3.05, 3.63) is 36.4 Å². The van der Waals surface area contributed by atoms with E-state index in [0.717, 1.165) is 31.3 Å². The quantitative estimate of drug-likeness (QED) is 0.749. The van der Waals surface area contributed by atoms with Gasteiger partial charge in [0.05, 0.1) is 4.90 Å². The molecule has 1 heterocycles. The highest BCUT2D eigenvalue weighted by molar-refractivity contribution is 7.89. The highest BCUT2D eigenvalue weighted by Crippen LogP contribution is 2.27. The van der Waals surface area contributed by atoms with Crippen LogP contribution in [0.4, 0.5) is 5.69 Å². The van der Waals surface area contributed by atoms with Crippen LogP contribution in [-0.2, 0) is 10.0 Å². The van der Waals surface area contributed by atoms with Crippen LogP contribution in [0.2, 0.25) is 0 Å². The Morgan fingerprint density at radius 3 is 2.73 bits per heavy atom. The lowest BCUT2D eigenvalue weighted by Gasteiger charge is -2.23. The highest BCUT2D eigenvalue weighted by Gasteiger charge is 2.20. The van der Waals surface area contributed by atoms with Gasteiger partial charge in [-0.3, -0.25) is 0 Å². The third-order valence-corrected chi connectivity index (χ3v) is 5.65. The van der Waals surface area contributed by atoms with Gasteiger partial charge in [0.15, 0.2) is 0 Å². The molecular weight excluding hydrogens is 298 g/mol. The van der Waals surface area contributed by atoms with E-state index in [-0.39, 0.29) is 0 Å². The Morgan fingerprint density at radius 1 is 1.18 bits per heavy atom. The third kappa shape index (κ3) is 3.09. The predicted molar refractivity (Wildman–Crippen MR) is 89.1 cm³/mol. The fourth-order valence-corrected chi connectivity index (χ4v) is 4.28. The number of nitrogen functional groups attached to an aromatic ring is 1. The summed E-state index contributed by atoms with van der Waals surface area (Å²) in [6.07, 6.45) is 2.15. The molecule has 0 radical (unpaired) electrons. The largest absolute Gasteiger partial charge is 0.398 e. The van der Waals surface area contributed by atoms with Crippen LogP contribution in [0.3, 0.4) is 0 Å². The Balaban J connectivity index is 1.87. The van der Waals surface area contributed by atoms with Gasteiger partial charge >= 0.3 is 0 Å². The van der Waals surface area contributed by atoms with E-state index in [9.17, 15) is 8.42 Å². The van der Waals surface area contributed by atoms with Crippen LogP contribution in [0.5, 0.6) is 0 Å². The fourth-order valence-electron chi connectivity index (χ4n) is 2.94. The number of sulfonamides is 1. The molecule has 2 aromatic carbocycles. The molecule has 2 aromatic rings. The maximum atomic E-state index is 12.6. The van der Waals surface area contributed by atoms with Crippen LogP contribution in [0, 0.1) is 5.92 Å². The van der Waals surface area contributed by atoms with Gasteiger partial charge in [0.1, 0.15) is 0 Å². The van der Waals surface area contributed by atoms with E-state index in [1.807, 2.05) is 6.07 Å². The minimum absolute atomic E-state index is 0.293. The Labute approximate surface area is 130 Å². The molecule has 4 N–H and O–H groups in total. The Morgan fingerprint density at radius 2 is 1.95 bits per heavy atom. The summed E-state index contributed by atoms with van der Waals surface area (Å²) in [6.45, 7) is 2.35. The van der Waals surface area contributed by atoms with Crippen molar-refractivity contribution < 1.29 is 8.42 Å². The van der Waals surface area contributed by atoms with E-state index in [1.165, 1.54) is 0 Å². The van der Waals surface area contributed by atoms with E-state index in [1.54, 1.807) is 30.3 Å². The number of fused-ring (bicyclic) bond motifs is 1. The highest BCUT2D eigenvalue weighted by atomic mass is 32.2. The van der Waals surface area contributed by atoms with Crippen LogP contribution in [0.15, 0.2) is 41.3 Å². The minimum Gasteiger partial charge on any atom is -0.398 e. The van der Waals surface area contributed by atoms with Crippen molar-refractivity contribution in [1.82, 2.24) is 10.0 Å². The first kappa shape index (κ1) is 15.3. The van der Waals surface area contributed by atoms with Crippen LogP contribution in [-0.4, -0.2) is 28.1 Å². The van der Waals surface area contributed by atoms with Gasteiger partial charge in [-0.2, -0.15) is 0 Å². The second kappa shape index (κ2) is 6.24. The predicted octanol–water partition coefficient (Wildman–Crippen LogP) is 1.70. The first-order chi connectivity index (χ1) is 10.6. The number of nitrogens with one attached hydrogen (secondary N) is 2. The molecule has 5 nitrogen and oxygen atoms in total. The Bertz CT molecular complexity index is 768. The van der Waals surface area contributed by atoms with Crippen molar-refractivity contribution in [1.29, 1.82) is 0 Å². The summed E-state index contributed by atoms with van der Waals surface area (Å²) in [5.41, 5.74) is 6.52. The van der Waals surface area contributed by atoms with Crippen molar-refractivity contribution in [2.24, 2.45) is 5.92 Å². The Kier molecular flexibility index (Phi) is 4.33. The van der Waals surface area contributed by atoms with E-state index in [2.05, 4.69) is 10.0 Å². The van der Waals surface area contributed by atoms with Crippen LogP contribution < -0.4 is 15.8 Å². The number of piperidine rings is 1. The molecule has 0 bridgehead atoms. The summed E-state index contributed by atoms with van der Waals surface area (Å²) in [5.74, 6) is 0.351. The SMILES string of the molecule is Nc1cccc2c(S(=O)(=O)NCC3CCCNC3)cccc12. The molecule has 1 fully saturated rings. The topological polar surface area (TPSA) is 84.2 Å². The number of benzene rings is 2. The molecular formula is C16H21N3O2S. The number of hydrogen-bond donors (Lipinski definition) is 3. The number of anilines is 1. The standard InChI is InChI=1S/C16H21N3O2S/c17-15-7-1-6-14-13(15)5-2-8-16(14)22(20,21)19-11-12-4-3-9-18-10-12/h1-2,5-8,12,18-19H,3-4,9-11,17H2. The molecule has 0 aliphatic carbocycles. The lowest BCUT2D eigenvalue weighted by Crippen LogP contribution is -2.38. The summed E-state index contributed by atoms with van der Waals surface area (Å²) >= 11 is 0. The van der Waals surface area contributed by atoms with E-state index in [0.29, 0.717) is 28.4 Å². The third-order valence-electron chi connectivity index (χ3n) is 4.17. The summed E-state index contributed by atoms with van der Waals surface area (Å²) in [6, 6.07) is 10.6. The van der Waals surface area contributed by atoms with Gasteiger partial charge in [-0.15, -0.1) is 0 Å². The maximum Gasteiger partial charge on any atom is 0.241 e. The van der Waals surface area contributed by atoms with Crippen molar-refractivity contribution in [2.45, 2.75) is 17.7 Å². The second-order valence-corrected chi connectivity index (χ2v) is 7.50. The minimum atomic E-state index is -3.54. The number of rotatable bonds is 4. The molecule has 1 unspecified atom stereocenters. The van der Waals surface area contributed by atoms with Crippen molar-refractivity contribution in [3.8, 4) is 0 Å². The zero-order valence-electron chi connectivity index (χ0n) is 12.4. The average Bonchev–Trinajstić information content (AvgIpc) is 2.54. The van der Waals surface area contributed by atoms with E-state index in [4.69, 9.17) is 5.73 Å². The lowest BCUT2D eigenvalue weighted by molar-refractivity contribution is 0.376. The summed E-state index contributed by atoms with van der Waals surface area (Å²) in [4.78, 5) is 0.293. The number of hydrogen-bond acceptors (Lipinski definition) is 4. The second-order valence-electron chi connectivity index (χ2n) is 5.76. The molecule has 3 rings (SSSR count). The van der Waals surface area contributed by atoms with Crippen LogP contribution in [0.1, 0.15) is 12.8 Å². The molecule has 118 valence electrons. The zero-order chi connectivity index (χ0) is 15.6. The van der Waals surface area contributed by atoms with E-state index >= 15 is 0 Å². The Hall–Kier alpha value is -1.63. The molecule has 1 aliphatic heterocycles. The summed E-state index contributed by atoms with van der Waals surface area (Å²) in [5, 5.41) is 4.73. The molecule has 6 heteroatoms. The van der Waals surface area contributed by atoms with Gasteiger partial charge in [0.2, 0.25) is 10.0 Å². The molecule has 0 amide bonds. The van der Waals surface area contributed by atoms with Crippen molar-refractivity contribution >= 4 is 26.5 Å². The maximum absolute atomic E-state index is 12.6. The van der Waals surface area contributed by atoms with Gasteiger partial charge in [-0.25, -0.2) is 13.1 Å². The van der Waals surface area contributed by atoms with E-state index < -0.39 is 10.0 Å². The molecule has 0 saturated carbocycles. The average molecular weight is 319 g/mol. The molecule has 1 saturated heterocycles. The van der Waals surface area contributed by atoms with Gasteiger partial charge in [0, 0.05) is 23.0 Å². The van der Waals surface area contributed by atoms with Gasteiger partial charge in [-0.1, -0.05) is 24.3 Å². The molecule has 1 aliphatic rings. The summed E-state index contributed by atoms with van der Waals surface area (Å²) in [7, 11) is -3.54. The molecule has 0 spiro atoms. The first-order valence-corrected chi connectivity index (χ1v) is 9.04. The first-order valence-electron chi connectivity index (χ1n) is 7.55. The zero-order valence-corrected chi connectivity index (χ0v) is 13.2. The number of nitrogens with two attached hydrogens (primary N) is 1.